The highest BCUT2D eigenvalue weighted by Crippen LogP contribution is 2.38. The Kier molecular flexibility index (Phi) is 6.08. The number of carbonyl (C=O) groups excluding carboxylic acids is 1. The van der Waals surface area contributed by atoms with Crippen molar-refractivity contribution in [3.8, 4) is 33.9 Å². The van der Waals surface area contributed by atoms with E-state index in [1.165, 1.54) is 29.5 Å². The molecule has 1 saturated carbocycles. The quantitative estimate of drug-likeness (QED) is 0.522. The van der Waals surface area contributed by atoms with Crippen molar-refractivity contribution in [1.82, 2.24) is 15.0 Å². The van der Waals surface area contributed by atoms with Crippen molar-refractivity contribution in [2.45, 2.75) is 39.3 Å². The van der Waals surface area contributed by atoms with E-state index in [9.17, 15) is 22.8 Å². The van der Waals surface area contributed by atoms with E-state index in [4.69, 9.17) is 5.73 Å². The number of halogens is 3. The van der Waals surface area contributed by atoms with Crippen LogP contribution in [0.25, 0.3) is 22.1 Å². The highest BCUT2D eigenvalue weighted by atomic mass is 32.1. The number of aromatic nitrogens is 3. The minimum Gasteiger partial charge on any atom is -0.369 e. The molecule has 0 saturated heterocycles. The Labute approximate surface area is 197 Å². The van der Waals surface area contributed by atoms with Gasteiger partial charge in [0.1, 0.15) is 16.5 Å². The van der Waals surface area contributed by atoms with Crippen molar-refractivity contribution in [1.29, 1.82) is 0 Å². The first-order valence-corrected chi connectivity index (χ1v) is 11.3. The van der Waals surface area contributed by atoms with Crippen LogP contribution >= 0.6 is 11.3 Å². The fourth-order valence-electron chi connectivity index (χ4n) is 3.29. The Morgan fingerprint density at radius 3 is 2.65 bits per heavy atom. The maximum Gasteiger partial charge on any atom is 0.417 e. The number of benzene rings is 1. The topological polar surface area (TPSA) is 102 Å². The number of hydrogen-bond acceptors (Lipinski definition) is 5. The number of aromatic amines is 1. The van der Waals surface area contributed by atoms with E-state index in [-0.39, 0.29) is 23.5 Å². The molecule has 2 aromatic heterocycles. The number of nitrogens with two attached hydrogens (primary N) is 1. The first-order chi connectivity index (χ1) is 15.9. The minimum absolute atomic E-state index is 0.118. The lowest BCUT2D eigenvalue weighted by Gasteiger charge is -2.21. The van der Waals surface area contributed by atoms with Gasteiger partial charge in [-0.1, -0.05) is 31.8 Å². The smallest absolute Gasteiger partial charge is 0.369 e. The van der Waals surface area contributed by atoms with Crippen LogP contribution in [0.5, 0.6) is 0 Å². The lowest BCUT2D eigenvalue weighted by molar-refractivity contribution is -0.137. The molecule has 0 radical (unpaired) electrons. The molecule has 0 unspecified atom stereocenters. The molecule has 6 nitrogen and oxygen atoms in total. The van der Waals surface area contributed by atoms with Gasteiger partial charge >= 0.3 is 6.18 Å². The van der Waals surface area contributed by atoms with Crippen molar-refractivity contribution in [2.24, 2.45) is 17.1 Å². The van der Waals surface area contributed by atoms with E-state index in [0.29, 0.717) is 21.4 Å². The molecule has 1 fully saturated rings. The molecular weight excluding hydrogens is 465 g/mol. The largest absolute Gasteiger partial charge is 0.417 e. The molecular formula is C24H21F3N4O2S. The molecule has 4 rings (SSSR count). The number of hydrogen-bond donors (Lipinski definition) is 2. The molecule has 0 spiro atoms. The highest BCUT2D eigenvalue weighted by Gasteiger charge is 2.35. The second-order valence-electron chi connectivity index (χ2n) is 8.86. The van der Waals surface area contributed by atoms with Crippen LogP contribution in [0.2, 0.25) is 0 Å². The van der Waals surface area contributed by atoms with Gasteiger partial charge in [0, 0.05) is 23.0 Å². The fourth-order valence-corrected chi connectivity index (χ4v) is 4.03. The predicted molar refractivity (Wildman–Crippen MR) is 123 cm³/mol. The van der Waals surface area contributed by atoms with Crippen molar-refractivity contribution in [2.75, 3.05) is 0 Å². The minimum atomic E-state index is -4.69. The van der Waals surface area contributed by atoms with Crippen LogP contribution in [-0.4, -0.2) is 20.9 Å². The van der Waals surface area contributed by atoms with Crippen LogP contribution in [0.4, 0.5) is 13.2 Å². The zero-order valence-corrected chi connectivity index (χ0v) is 19.2. The molecule has 0 atom stereocenters. The number of nitrogens with zero attached hydrogens (tertiary/aromatic N) is 2. The van der Waals surface area contributed by atoms with Gasteiger partial charge in [-0.25, -0.2) is 9.97 Å². The molecule has 1 aliphatic carbocycles. The maximum absolute atomic E-state index is 13.8. The highest BCUT2D eigenvalue weighted by molar-refractivity contribution is 7.15. The van der Waals surface area contributed by atoms with Crippen LogP contribution in [0.15, 0.2) is 35.3 Å². The summed E-state index contributed by atoms with van der Waals surface area (Å²) >= 11 is 1.22. The predicted octanol–water partition coefficient (Wildman–Crippen LogP) is 4.39. The number of H-pyrrole nitrogens is 1. The Morgan fingerprint density at radius 1 is 1.26 bits per heavy atom. The Balaban J connectivity index is 1.78. The summed E-state index contributed by atoms with van der Waals surface area (Å²) in [5.74, 6) is 5.73. The molecule has 0 bridgehead atoms. The van der Waals surface area contributed by atoms with Crippen molar-refractivity contribution < 1.29 is 18.0 Å². The average molecular weight is 487 g/mol. The van der Waals surface area contributed by atoms with Gasteiger partial charge in [-0.2, -0.15) is 13.2 Å². The molecule has 1 aliphatic rings. The fraction of sp³-hybridized carbons (Fsp3) is 0.333. The average Bonchev–Trinajstić information content (AvgIpc) is 3.46. The molecule has 1 aromatic carbocycles. The van der Waals surface area contributed by atoms with E-state index in [1.807, 2.05) is 0 Å². The second-order valence-corrected chi connectivity index (χ2v) is 9.89. The van der Waals surface area contributed by atoms with Crippen LogP contribution in [0, 0.1) is 23.2 Å². The maximum atomic E-state index is 13.8. The summed E-state index contributed by atoms with van der Waals surface area (Å²) in [6.07, 6.45) is -0.851. The lowest BCUT2D eigenvalue weighted by Crippen LogP contribution is -2.33. The molecule has 176 valence electrons. The number of primary amides is 1. The van der Waals surface area contributed by atoms with E-state index in [0.717, 1.165) is 18.9 Å². The summed E-state index contributed by atoms with van der Waals surface area (Å²) in [6.45, 7) is 3.22. The number of nitrogens with one attached hydrogen (secondary N) is 1. The molecule has 10 heteroatoms. The normalized spacial score (nSPS) is 13.9. The zero-order valence-electron chi connectivity index (χ0n) is 18.4. The summed E-state index contributed by atoms with van der Waals surface area (Å²) in [7, 11) is 0. The van der Waals surface area contributed by atoms with Crippen molar-refractivity contribution in [3.63, 3.8) is 0 Å². The Morgan fingerprint density at radius 2 is 2.00 bits per heavy atom. The molecule has 3 N–H and O–H groups in total. The number of amides is 1. The monoisotopic (exact) mass is 486 g/mol. The number of rotatable bonds is 5. The van der Waals surface area contributed by atoms with Crippen LogP contribution in [0.1, 0.15) is 42.7 Å². The van der Waals surface area contributed by atoms with Gasteiger partial charge in [0.2, 0.25) is 5.91 Å². The molecule has 2 heterocycles. The third-order valence-corrected chi connectivity index (χ3v) is 6.34. The van der Waals surface area contributed by atoms with E-state index in [2.05, 4.69) is 26.8 Å². The van der Waals surface area contributed by atoms with Crippen molar-refractivity contribution >= 4 is 17.2 Å². The van der Waals surface area contributed by atoms with Gasteiger partial charge in [0.05, 0.1) is 16.6 Å². The first-order valence-electron chi connectivity index (χ1n) is 10.5. The molecule has 34 heavy (non-hydrogen) atoms. The Bertz CT molecular complexity index is 1380. The van der Waals surface area contributed by atoms with E-state index < -0.39 is 28.6 Å². The van der Waals surface area contributed by atoms with Crippen molar-refractivity contribution in [3.05, 3.63) is 56.8 Å². The molecule has 0 aliphatic heterocycles. The summed E-state index contributed by atoms with van der Waals surface area (Å²) in [6, 6.07) is 4.69. The Hall–Kier alpha value is -3.45. The summed E-state index contributed by atoms with van der Waals surface area (Å²) in [5, 5.41) is 0.382. The third-order valence-electron chi connectivity index (χ3n) is 5.40. The van der Waals surface area contributed by atoms with E-state index in [1.54, 1.807) is 20.0 Å². The van der Waals surface area contributed by atoms with Crippen LogP contribution in [0.3, 0.4) is 0 Å². The first kappa shape index (κ1) is 23.7. The molecule has 3 aromatic rings. The van der Waals surface area contributed by atoms with Gasteiger partial charge in [0.25, 0.3) is 5.56 Å². The number of carbonyl (C=O) groups is 1. The standard InChI is InChI=1S/C24H21F3N4O2S/c1-23(2,22(28)33)11-14-6-8-17(24(25,26)27)16(9-14)20-30-18(10-19(32)31-20)21-29-12-15(34-21)7-5-13-3-4-13/h6,8-10,12-13H,3-4,11H2,1-2H3,(H2,28,33)(H,30,31,32). The van der Waals surface area contributed by atoms with E-state index >= 15 is 0 Å². The second kappa shape index (κ2) is 8.72. The van der Waals surface area contributed by atoms with Gasteiger partial charge in [-0.3, -0.25) is 9.59 Å². The summed E-state index contributed by atoms with van der Waals surface area (Å²) in [4.78, 5) is 35.7. The zero-order chi connectivity index (χ0) is 24.7. The molecule has 1 amide bonds. The van der Waals surface area contributed by atoms with Gasteiger partial charge in [0.15, 0.2) is 0 Å². The number of alkyl halides is 3. The summed E-state index contributed by atoms with van der Waals surface area (Å²) in [5.41, 5.74) is 3.18. The van der Waals surface area contributed by atoms with Gasteiger partial charge in [-0.15, -0.1) is 11.3 Å². The van der Waals surface area contributed by atoms with Crippen LogP contribution < -0.4 is 11.3 Å². The third kappa shape index (κ3) is 5.37. The van der Waals surface area contributed by atoms with Gasteiger partial charge in [-0.05, 0) is 37.0 Å². The van der Waals surface area contributed by atoms with Gasteiger partial charge < -0.3 is 10.7 Å². The number of thiazole rings is 1. The lowest BCUT2D eigenvalue weighted by atomic mass is 9.84. The summed E-state index contributed by atoms with van der Waals surface area (Å²) < 4.78 is 41.4. The van der Waals surface area contributed by atoms with Crippen LogP contribution in [-0.2, 0) is 17.4 Å². The SMILES string of the molecule is CC(C)(Cc1ccc(C(F)(F)F)c(-c2nc(-c3ncc(C#CC4CC4)s3)cc(=O)[nH]2)c1)C(N)=O.